The Labute approximate surface area is 86.7 Å². The number of rotatable bonds is 2. The molecule has 1 heterocycles. The van der Waals surface area contributed by atoms with Crippen LogP contribution in [-0.4, -0.2) is 15.9 Å². The highest BCUT2D eigenvalue weighted by atomic mass is 16.1. The Balaban J connectivity index is 2.16. The number of benzene rings is 1. The van der Waals surface area contributed by atoms with Crippen LogP contribution in [0.4, 0.5) is 0 Å². The lowest BCUT2D eigenvalue weighted by Crippen LogP contribution is -2.21. The number of fused-ring (bicyclic) bond motifs is 1. The van der Waals surface area contributed by atoms with Gasteiger partial charge in [-0.2, -0.15) is 0 Å². The molecule has 0 radical (unpaired) electrons. The molecule has 0 spiro atoms. The van der Waals surface area contributed by atoms with Gasteiger partial charge in [-0.1, -0.05) is 12.1 Å². The molecule has 1 aromatic carbocycles. The van der Waals surface area contributed by atoms with Crippen LogP contribution in [-0.2, 0) is 11.3 Å². The largest absolute Gasteiger partial charge is 0.340 e. The monoisotopic (exact) mass is 199 g/mol. The van der Waals surface area contributed by atoms with E-state index in [1.807, 2.05) is 30.2 Å². The van der Waals surface area contributed by atoms with Crippen molar-refractivity contribution in [1.82, 2.24) is 15.3 Å². The average Bonchev–Trinajstić information content (AvgIpc) is 2.68. The van der Waals surface area contributed by atoms with Gasteiger partial charge in [-0.25, -0.2) is 4.98 Å². The van der Waals surface area contributed by atoms with Gasteiger partial charge in [0, 0.05) is 0 Å². The van der Waals surface area contributed by atoms with E-state index < -0.39 is 5.91 Å². The summed E-state index contributed by atoms with van der Waals surface area (Å²) in [6, 6.07) is 7.66. The highest BCUT2D eigenvalue weighted by molar-refractivity contribution is 5.92. The fourth-order valence-electron chi connectivity index (χ4n) is 1.30. The van der Waals surface area contributed by atoms with Gasteiger partial charge < -0.3 is 10.3 Å². The van der Waals surface area contributed by atoms with Crippen molar-refractivity contribution in [2.24, 2.45) is 0 Å². The first-order chi connectivity index (χ1) is 7.29. The van der Waals surface area contributed by atoms with Crippen LogP contribution in [0.2, 0.25) is 0 Å². The Morgan fingerprint density at radius 3 is 3.07 bits per heavy atom. The molecule has 2 aromatic rings. The van der Waals surface area contributed by atoms with E-state index in [0.717, 1.165) is 11.0 Å². The Morgan fingerprint density at radius 1 is 1.53 bits per heavy atom. The van der Waals surface area contributed by atoms with Crippen LogP contribution in [0, 0.1) is 12.3 Å². The second-order valence-corrected chi connectivity index (χ2v) is 3.03. The highest BCUT2D eigenvalue weighted by Crippen LogP contribution is 2.09. The van der Waals surface area contributed by atoms with Crippen LogP contribution < -0.4 is 5.32 Å². The fourth-order valence-corrected chi connectivity index (χ4v) is 1.30. The van der Waals surface area contributed by atoms with Crippen LogP contribution >= 0.6 is 0 Å². The molecule has 0 aliphatic rings. The third kappa shape index (κ3) is 1.97. The van der Waals surface area contributed by atoms with Crippen LogP contribution in [0.1, 0.15) is 5.82 Å². The molecule has 4 heteroatoms. The summed E-state index contributed by atoms with van der Waals surface area (Å²) < 4.78 is 0. The summed E-state index contributed by atoms with van der Waals surface area (Å²) in [5, 5.41) is 2.54. The topological polar surface area (TPSA) is 57.8 Å². The summed E-state index contributed by atoms with van der Waals surface area (Å²) in [7, 11) is 0. The predicted octanol–water partition coefficient (Wildman–Crippen LogP) is 0.812. The van der Waals surface area contributed by atoms with E-state index in [4.69, 9.17) is 6.42 Å². The van der Waals surface area contributed by atoms with Crippen molar-refractivity contribution < 1.29 is 4.79 Å². The van der Waals surface area contributed by atoms with E-state index in [1.165, 1.54) is 0 Å². The average molecular weight is 199 g/mol. The number of H-pyrrole nitrogens is 1. The molecule has 1 amide bonds. The van der Waals surface area contributed by atoms with E-state index >= 15 is 0 Å². The summed E-state index contributed by atoms with van der Waals surface area (Å²) in [5.74, 6) is 2.24. The second-order valence-electron chi connectivity index (χ2n) is 3.03. The molecule has 0 saturated heterocycles. The van der Waals surface area contributed by atoms with E-state index in [1.54, 1.807) is 0 Å². The van der Waals surface area contributed by atoms with Gasteiger partial charge in [0.15, 0.2) is 0 Å². The molecule has 2 rings (SSSR count). The first-order valence-corrected chi connectivity index (χ1v) is 4.47. The number of amides is 1. The molecule has 0 aliphatic carbocycles. The first kappa shape index (κ1) is 9.28. The smallest absolute Gasteiger partial charge is 0.296 e. The molecule has 0 unspecified atom stereocenters. The van der Waals surface area contributed by atoms with Crippen LogP contribution in [0.5, 0.6) is 0 Å². The van der Waals surface area contributed by atoms with Crippen molar-refractivity contribution in [2.45, 2.75) is 6.54 Å². The van der Waals surface area contributed by atoms with Gasteiger partial charge >= 0.3 is 0 Å². The SMILES string of the molecule is C#CC(=O)NCc1nc2ccccc2[nH]1. The van der Waals surface area contributed by atoms with E-state index in [2.05, 4.69) is 15.3 Å². The third-order valence-corrected chi connectivity index (χ3v) is 1.99. The maximum atomic E-state index is 10.8. The minimum atomic E-state index is -0.435. The molecular weight excluding hydrogens is 190 g/mol. The van der Waals surface area contributed by atoms with Gasteiger partial charge in [-0.05, 0) is 18.1 Å². The zero-order valence-corrected chi connectivity index (χ0v) is 7.95. The molecule has 2 N–H and O–H groups in total. The molecular formula is C11H9N3O. The molecule has 74 valence electrons. The molecule has 15 heavy (non-hydrogen) atoms. The van der Waals surface area contributed by atoms with Gasteiger partial charge in [0.25, 0.3) is 5.91 Å². The van der Waals surface area contributed by atoms with Crippen LogP contribution in [0.15, 0.2) is 24.3 Å². The number of carbonyl (C=O) groups excluding carboxylic acids is 1. The van der Waals surface area contributed by atoms with Crippen LogP contribution in [0.3, 0.4) is 0 Å². The Kier molecular flexibility index (Phi) is 2.38. The van der Waals surface area contributed by atoms with Crippen molar-refractivity contribution in [3.05, 3.63) is 30.1 Å². The number of terminal acetylenes is 1. The molecule has 0 bridgehead atoms. The number of hydrogen-bond donors (Lipinski definition) is 2. The normalized spacial score (nSPS) is 9.80. The lowest BCUT2D eigenvalue weighted by molar-refractivity contribution is -0.115. The maximum Gasteiger partial charge on any atom is 0.296 e. The number of aromatic nitrogens is 2. The zero-order chi connectivity index (χ0) is 10.7. The van der Waals surface area contributed by atoms with Gasteiger partial charge in [-0.15, -0.1) is 6.42 Å². The van der Waals surface area contributed by atoms with Crippen molar-refractivity contribution in [3.8, 4) is 12.3 Å². The zero-order valence-electron chi connectivity index (χ0n) is 7.95. The number of hydrogen-bond acceptors (Lipinski definition) is 2. The van der Waals surface area contributed by atoms with Crippen molar-refractivity contribution in [2.75, 3.05) is 0 Å². The predicted molar refractivity (Wildman–Crippen MR) is 56.8 cm³/mol. The van der Waals surface area contributed by atoms with Gasteiger partial charge in [0.2, 0.25) is 0 Å². The van der Waals surface area contributed by atoms with E-state index in [9.17, 15) is 4.79 Å². The second kappa shape index (κ2) is 3.84. The maximum absolute atomic E-state index is 10.8. The standard InChI is InChI=1S/C11H9N3O/c1-2-11(15)12-7-10-13-8-5-3-4-6-9(8)14-10/h1,3-6H,7H2,(H,12,15)(H,13,14). The minimum Gasteiger partial charge on any atom is -0.340 e. The van der Waals surface area contributed by atoms with Crippen molar-refractivity contribution in [3.63, 3.8) is 0 Å². The molecule has 4 nitrogen and oxygen atoms in total. The van der Waals surface area contributed by atoms with Gasteiger partial charge in [-0.3, -0.25) is 4.79 Å². The number of nitrogens with zero attached hydrogens (tertiary/aromatic N) is 1. The third-order valence-electron chi connectivity index (χ3n) is 1.99. The quantitative estimate of drug-likeness (QED) is 0.703. The highest BCUT2D eigenvalue weighted by Gasteiger charge is 2.02. The van der Waals surface area contributed by atoms with Gasteiger partial charge in [0.1, 0.15) is 5.82 Å². The number of imidazole rings is 1. The number of para-hydroxylation sites is 2. The lowest BCUT2D eigenvalue weighted by atomic mass is 10.3. The Morgan fingerprint density at radius 2 is 2.33 bits per heavy atom. The fraction of sp³-hybridized carbons (Fsp3) is 0.0909. The molecule has 0 atom stereocenters. The summed E-state index contributed by atoms with van der Waals surface area (Å²) >= 11 is 0. The summed E-state index contributed by atoms with van der Waals surface area (Å²) in [5.41, 5.74) is 1.82. The Bertz CT molecular complexity index is 503. The van der Waals surface area contributed by atoms with Crippen LogP contribution in [0.25, 0.3) is 11.0 Å². The summed E-state index contributed by atoms with van der Waals surface area (Å²) in [6.45, 7) is 0.317. The molecule has 1 aromatic heterocycles. The first-order valence-electron chi connectivity index (χ1n) is 4.47. The summed E-state index contributed by atoms with van der Waals surface area (Å²) in [4.78, 5) is 18.2. The van der Waals surface area contributed by atoms with Crippen molar-refractivity contribution >= 4 is 16.9 Å². The minimum absolute atomic E-state index is 0.317. The molecule has 0 saturated carbocycles. The van der Waals surface area contributed by atoms with E-state index in [0.29, 0.717) is 12.4 Å². The number of nitrogens with one attached hydrogen (secondary N) is 2. The van der Waals surface area contributed by atoms with E-state index in [-0.39, 0.29) is 0 Å². The summed E-state index contributed by atoms with van der Waals surface area (Å²) in [6.07, 6.45) is 4.92. The van der Waals surface area contributed by atoms with Crippen molar-refractivity contribution in [1.29, 1.82) is 0 Å². The Hall–Kier alpha value is -2.28. The number of aromatic amines is 1. The van der Waals surface area contributed by atoms with Gasteiger partial charge in [0.05, 0.1) is 17.6 Å². The molecule has 0 fully saturated rings. The lowest BCUT2D eigenvalue weighted by Gasteiger charge is -1.95. The molecule has 0 aliphatic heterocycles. The number of carbonyl (C=O) groups is 1.